The summed E-state index contributed by atoms with van der Waals surface area (Å²) in [5, 5.41) is 21.6. The van der Waals surface area contributed by atoms with E-state index in [9.17, 15) is 9.90 Å². The fourth-order valence-corrected chi connectivity index (χ4v) is 2.03. The lowest BCUT2D eigenvalue weighted by Gasteiger charge is -2.32. The highest BCUT2D eigenvalue weighted by Crippen LogP contribution is 2.27. The van der Waals surface area contributed by atoms with Crippen LogP contribution in [0.25, 0.3) is 0 Å². The number of nitrogens with zero attached hydrogens (tertiary/aromatic N) is 1. The molecular formula is C14H20N2O3. The highest BCUT2D eigenvalue weighted by molar-refractivity contribution is 5.88. The van der Waals surface area contributed by atoms with Gasteiger partial charge in [-0.25, -0.2) is 9.78 Å². The molecule has 1 aliphatic rings. The van der Waals surface area contributed by atoms with Crippen LogP contribution in [0.4, 0.5) is 5.82 Å². The lowest BCUT2D eigenvalue weighted by atomic mass is 9.89. The summed E-state index contributed by atoms with van der Waals surface area (Å²) in [5.41, 5.74) is 0.776. The van der Waals surface area contributed by atoms with Gasteiger partial charge in [0, 0.05) is 17.2 Å². The summed E-state index contributed by atoms with van der Waals surface area (Å²) in [6, 6.07) is 3.34. The Hall–Kier alpha value is -1.62. The van der Waals surface area contributed by atoms with Crippen LogP contribution in [0.5, 0.6) is 0 Å². The van der Waals surface area contributed by atoms with Crippen LogP contribution >= 0.6 is 0 Å². The Labute approximate surface area is 112 Å². The standard InChI is InChI=1S/C14H20N2O3/c1-14(2,3)11-4-8(13(18)19)5-12(16-11)15-9-6-10(17)7-9/h4-5,9-10,17H,6-7H2,1-3H3,(H,15,16)(H,18,19). The molecule has 3 N–H and O–H groups in total. The molecule has 0 unspecified atom stereocenters. The van der Waals surface area contributed by atoms with Crippen LogP contribution in [0.1, 0.15) is 49.7 Å². The number of hydrogen-bond acceptors (Lipinski definition) is 4. The van der Waals surface area contributed by atoms with Crippen molar-refractivity contribution in [3.8, 4) is 0 Å². The van der Waals surface area contributed by atoms with E-state index in [0.29, 0.717) is 18.7 Å². The highest BCUT2D eigenvalue weighted by Gasteiger charge is 2.28. The second-order valence-corrected chi connectivity index (χ2v) is 6.15. The first-order valence-corrected chi connectivity index (χ1v) is 6.46. The molecule has 0 aliphatic heterocycles. The number of carboxylic acid groups (broad SMARTS) is 1. The molecular weight excluding hydrogens is 244 g/mol. The molecule has 0 radical (unpaired) electrons. The van der Waals surface area contributed by atoms with E-state index in [0.717, 1.165) is 5.69 Å². The topological polar surface area (TPSA) is 82.5 Å². The zero-order valence-corrected chi connectivity index (χ0v) is 11.5. The fraction of sp³-hybridized carbons (Fsp3) is 0.571. The van der Waals surface area contributed by atoms with Crippen LogP contribution in [0.3, 0.4) is 0 Å². The predicted octanol–water partition coefficient (Wildman–Crippen LogP) is 2.01. The van der Waals surface area contributed by atoms with Crippen molar-refractivity contribution in [2.45, 2.75) is 51.2 Å². The van der Waals surface area contributed by atoms with Gasteiger partial charge >= 0.3 is 5.97 Å². The zero-order chi connectivity index (χ0) is 14.2. The lowest BCUT2D eigenvalue weighted by Crippen LogP contribution is -2.39. The molecule has 1 saturated carbocycles. The van der Waals surface area contributed by atoms with Crippen molar-refractivity contribution in [1.29, 1.82) is 0 Å². The Bertz CT molecular complexity index is 488. The van der Waals surface area contributed by atoms with Crippen molar-refractivity contribution in [3.63, 3.8) is 0 Å². The number of carbonyl (C=O) groups is 1. The van der Waals surface area contributed by atoms with Crippen LogP contribution in [0.15, 0.2) is 12.1 Å². The minimum absolute atomic E-state index is 0.180. The number of aromatic carboxylic acids is 1. The van der Waals surface area contributed by atoms with Gasteiger partial charge in [-0.2, -0.15) is 0 Å². The molecule has 19 heavy (non-hydrogen) atoms. The molecule has 1 heterocycles. The molecule has 1 aliphatic carbocycles. The number of nitrogens with one attached hydrogen (secondary N) is 1. The molecule has 0 saturated heterocycles. The van der Waals surface area contributed by atoms with Crippen molar-refractivity contribution in [3.05, 3.63) is 23.4 Å². The summed E-state index contributed by atoms with van der Waals surface area (Å²) in [5.74, 6) is -0.383. The molecule has 1 fully saturated rings. The maximum absolute atomic E-state index is 11.2. The van der Waals surface area contributed by atoms with Gasteiger partial charge in [0.15, 0.2) is 0 Å². The van der Waals surface area contributed by atoms with E-state index >= 15 is 0 Å². The first-order chi connectivity index (χ1) is 8.75. The maximum atomic E-state index is 11.2. The highest BCUT2D eigenvalue weighted by atomic mass is 16.4. The third-order valence-corrected chi connectivity index (χ3v) is 3.31. The van der Waals surface area contributed by atoms with Crippen molar-refractivity contribution < 1.29 is 15.0 Å². The molecule has 0 spiro atoms. The minimum Gasteiger partial charge on any atom is -0.478 e. The second-order valence-electron chi connectivity index (χ2n) is 6.15. The average Bonchev–Trinajstić information content (AvgIpc) is 2.25. The molecule has 0 aromatic carbocycles. The molecule has 0 bridgehead atoms. The molecule has 5 nitrogen and oxygen atoms in total. The van der Waals surface area contributed by atoms with E-state index in [1.165, 1.54) is 0 Å². The van der Waals surface area contributed by atoms with Gasteiger partial charge in [0.1, 0.15) is 5.82 Å². The normalized spacial score (nSPS) is 22.7. The maximum Gasteiger partial charge on any atom is 0.335 e. The Morgan fingerprint density at radius 2 is 2.00 bits per heavy atom. The van der Waals surface area contributed by atoms with Gasteiger partial charge in [0.25, 0.3) is 0 Å². The summed E-state index contributed by atoms with van der Waals surface area (Å²) in [6.45, 7) is 5.99. The van der Waals surface area contributed by atoms with Gasteiger partial charge in [-0.05, 0) is 25.0 Å². The Balaban J connectivity index is 2.26. The molecule has 104 valence electrons. The fourth-order valence-electron chi connectivity index (χ4n) is 2.03. The number of rotatable bonds is 3. The van der Waals surface area contributed by atoms with E-state index in [2.05, 4.69) is 10.3 Å². The summed E-state index contributed by atoms with van der Waals surface area (Å²) in [7, 11) is 0. The van der Waals surface area contributed by atoms with Crippen molar-refractivity contribution in [2.75, 3.05) is 5.32 Å². The van der Waals surface area contributed by atoms with Crippen LogP contribution in [0, 0.1) is 0 Å². The molecule has 1 aromatic rings. The van der Waals surface area contributed by atoms with E-state index < -0.39 is 5.97 Å². The monoisotopic (exact) mass is 264 g/mol. The molecule has 0 amide bonds. The van der Waals surface area contributed by atoms with Gasteiger partial charge in [0.2, 0.25) is 0 Å². The van der Waals surface area contributed by atoms with E-state index in [1.54, 1.807) is 12.1 Å². The van der Waals surface area contributed by atoms with E-state index in [4.69, 9.17) is 5.11 Å². The number of carboxylic acids is 1. The third kappa shape index (κ3) is 3.23. The largest absolute Gasteiger partial charge is 0.478 e. The predicted molar refractivity (Wildman–Crippen MR) is 72.5 cm³/mol. The summed E-state index contributed by atoms with van der Waals surface area (Å²) in [4.78, 5) is 15.6. The van der Waals surface area contributed by atoms with E-state index in [1.807, 2.05) is 20.8 Å². The van der Waals surface area contributed by atoms with Crippen LogP contribution < -0.4 is 5.32 Å². The van der Waals surface area contributed by atoms with Crippen molar-refractivity contribution in [2.24, 2.45) is 0 Å². The minimum atomic E-state index is -0.954. The number of hydrogen-bond donors (Lipinski definition) is 3. The number of aliphatic hydroxyl groups excluding tert-OH is 1. The first-order valence-electron chi connectivity index (χ1n) is 6.46. The summed E-state index contributed by atoms with van der Waals surface area (Å²) in [6.07, 6.45) is 1.12. The lowest BCUT2D eigenvalue weighted by molar-refractivity contribution is 0.0695. The molecule has 1 aromatic heterocycles. The van der Waals surface area contributed by atoms with Gasteiger partial charge in [-0.1, -0.05) is 20.8 Å². The van der Waals surface area contributed by atoms with Gasteiger partial charge in [-0.15, -0.1) is 0 Å². The summed E-state index contributed by atoms with van der Waals surface area (Å²) < 4.78 is 0. The molecule has 2 rings (SSSR count). The van der Waals surface area contributed by atoms with Crippen molar-refractivity contribution >= 4 is 11.8 Å². The van der Waals surface area contributed by atoms with Gasteiger partial charge in [-0.3, -0.25) is 0 Å². The Kier molecular flexibility index (Phi) is 3.49. The molecule has 5 heteroatoms. The van der Waals surface area contributed by atoms with Crippen LogP contribution in [-0.4, -0.2) is 33.3 Å². The van der Waals surface area contributed by atoms with Crippen LogP contribution in [-0.2, 0) is 5.41 Å². The summed E-state index contributed by atoms with van der Waals surface area (Å²) >= 11 is 0. The van der Waals surface area contributed by atoms with Crippen LogP contribution in [0.2, 0.25) is 0 Å². The number of pyridine rings is 1. The van der Waals surface area contributed by atoms with Gasteiger partial charge in [0.05, 0.1) is 11.7 Å². The quantitative estimate of drug-likeness (QED) is 0.778. The van der Waals surface area contributed by atoms with Crippen molar-refractivity contribution in [1.82, 2.24) is 4.98 Å². The molecule has 0 atom stereocenters. The third-order valence-electron chi connectivity index (χ3n) is 3.31. The average molecular weight is 264 g/mol. The Morgan fingerprint density at radius 3 is 2.47 bits per heavy atom. The SMILES string of the molecule is CC(C)(C)c1cc(C(=O)O)cc(NC2CC(O)C2)n1. The second kappa shape index (κ2) is 4.81. The Morgan fingerprint density at radius 1 is 1.37 bits per heavy atom. The number of aliphatic hydroxyl groups is 1. The van der Waals surface area contributed by atoms with E-state index in [-0.39, 0.29) is 23.1 Å². The number of anilines is 1. The first kappa shape index (κ1) is 13.8. The smallest absolute Gasteiger partial charge is 0.335 e. The van der Waals surface area contributed by atoms with Gasteiger partial charge < -0.3 is 15.5 Å². The zero-order valence-electron chi connectivity index (χ0n) is 11.5. The number of aromatic nitrogens is 1.